The van der Waals surface area contributed by atoms with Gasteiger partial charge in [-0.3, -0.25) is 15.0 Å². The first-order valence-corrected chi connectivity index (χ1v) is 10.5. The third kappa shape index (κ3) is 4.55. The van der Waals surface area contributed by atoms with Crippen LogP contribution in [0.1, 0.15) is 12.5 Å². The van der Waals surface area contributed by atoms with Crippen LogP contribution in [-0.2, 0) is 0 Å². The van der Waals surface area contributed by atoms with Gasteiger partial charge in [0.2, 0.25) is 0 Å². The molecule has 0 saturated carbocycles. The van der Waals surface area contributed by atoms with Crippen molar-refractivity contribution >= 4 is 22.7 Å². The summed E-state index contributed by atoms with van der Waals surface area (Å²) in [6, 6.07) is 13.8. The van der Waals surface area contributed by atoms with Crippen molar-refractivity contribution in [3.05, 3.63) is 58.1 Å². The van der Waals surface area contributed by atoms with Gasteiger partial charge in [0.25, 0.3) is 5.69 Å². The van der Waals surface area contributed by atoms with Crippen molar-refractivity contribution in [2.75, 3.05) is 57.4 Å². The van der Waals surface area contributed by atoms with Crippen LogP contribution in [0.15, 0.2) is 52.7 Å². The van der Waals surface area contributed by atoms with E-state index in [0.29, 0.717) is 11.4 Å². The van der Waals surface area contributed by atoms with E-state index in [1.54, 1.807) is 0 Å². The SMILES string of the molecule is CCN(C[N+]12CCN(CC1)CC2)c1ccc(/N=N/c2ccc([N+](=O)[O-])cc2C#N)cc1. The molecule has 0 aromatic heterocycles. The topological polar surface area (TPSA) is 98.1 Å². The number of hydrogen-bond acceptors (Lipinski definition) is 7. The van der Waals surface area contributed by atoms with Gasteiger partial charge in [0, 0.05) is 44.0 Å². The third-order valence-electron chi connectivity index (χ3n) is 6.32. The van der Waals surface area contributed by atoms with Gasteiger partial charge in [0.05, 0.1) is 35.8 Å². The molecule has 3 aliphatic rings. The lowest BCUT2D eigenvalue weighted by Crippen LogP contribution is -2.69. The van der Waals surface area contributed by atoms with Gasteiger partial charge in [-0.25, -0.2) is 0 Å². The fourth-order valence-electron chi connectivity index (χ4n) is 4.33. The zero-order chi connectivity index (χ0) is 21.8. The summed E-state index contributed by atoms with van der Waals surface area (Å²) >= 11 is 0. The summed E-state index contributed by atoms with van der Waals surface area (Å²) in [5, 5.41) is 28.5. The summed E-state index contributed by atoms with van der Waals surface area (Å²) < 4.78 is 1.17. The molecule has 3 saturated heterocycles. The highest BCUT2D eigenvalue weighted by Gasteiger charge is 2.39. The molecule has 3 aliphatic heterocycles. The van der Waals surface area contributed by atoms with Crippen molar-refractivity contribution in [1.82, 2.24) is 4.90 Å². The van der Waals surface area contributed by atoms with E-state index in [1.807, 2.05) is 18.2 Å². The number of benzene rings is 2. The van der Waals surface area contributed by atoms with Crippen LogP contribution in [-0.4, -0.2) is 66.8 Å². The quantitative estimate of drug-likeness (QED) is 0.294. The molecule has 0 amide bonds. The molecular weight excluding hydrogens is 394 g/mol. The number of nitro groups is 1. The summed E-state index contributed by atoms with van der Waals surface area (Å²) in [5.41, 5.74) is 2.13. The van der Waals surface area contributed by atoms with Crippen LogP contribution in [0.5, 0.6) is 0 Å². The number of fused-ring (bicyclic) bond motifs is 3. The number of anilines is 1. The molecule has 9 nitrogen and oxygen atoms in total. The lowest BCUT2D eigenvalue weighted by Gasteiger charge is -2.52. The molecule has 31 heavy (non-hydrogen) atoms. The highest BCUT2D eigenvalue weighted by atomic mass is 16.6. The van der Waals surface area contributed by atoms with Crippen LogP contribution in [0, 0.1) is 21.4 Å². The van der Waals surface area contributed by atoms with Gasteiger partial charge in [0.15, 0.2) is 6.67 Å². The van der Waals surface area contributed by atoms with Crippen molar-refractivity contribution in [1.29, 1.82) is 5.26 Å². The average Bonchev–Trinajstić information content (AvgIpc) is 2.82. The Hall–Kier alpha value is -3.35. The number of nitro benzene ring substituents is 1. The van der Waals surface area contributed by atoms with E-state index < -0.39 is 4.92 Å². The molecule has 0 atom stereocenters. The molecule has 0 spiro atoms. The second-order valence-electron chi connectivity index (χ2n) is 8.14. The van der Waals surface area contributed by atoms with Crippen LogP contribution in [0.4, 0.5) is 22.7 Å². The molecule has 0 radical (unpaired) electrons. The lowest BCUT2D eigenvalue weighted by atomic mass is 10.1. The fourth-order valence-corrected chi connectivity index (χ4v) is 4.33. The minimum Gasteiger partial charge on any atom is -0.325 e. The maximum Gasteiger partial charge on any atom is 0.270 e. The van der Waals surface area contributed by atoms with E-state index in [2.05, 4.69) is 39.1 Å². The number of piperazine rings is 3. The molecule has 0 aliphatic carbocycles. The Morgan fingerprint density at radius 3 is 2.39 bits per heavy atom. The average molecular weight is 420 g/mol. The smallest absolute Gasteiger partial charge is 0.270 e. The maximum absolute atomic E-state index is 10.9. The molecule has 3 heterocycles. The number of quaternary nitrogens is 1. The molecule has 2 aromatic carbocycles. The van der Waals surface area contributed by atoms with Gasteiger partial charge in [-0.1, -0.05) is 0 Å². The van der Waals surface area contributed by atoms with E-state index in [0.717, 1.165) is 18.9 Å². The van der Waals surface area contributed by atoms with Crippen molar-refractivity contribution in [2.24, 2.45) is 10.2 Å². The summed E-state index contributed by atoms with van der Waals surface area (Å²) in [6.07, 6.45) is 0. The van der Waals surface area contributed by atoms with Crippen molar-refractivity contribution in [3.63, 3.8) is 0 Å². The zero-order valence-corrected chi connectivity index (χ0v) is 17.6. The predicted molar refractivity (Wildman–Crippen MR) is 118 cm³/mol. The van der Waals surface area contributed by atoms with E-state index in [4.69, 9.17) is 0 Å². The largest absolute Gasteiger partial charge is 0.325 e. The lowest BCUT2D eigenvalue weighted by molar-refractivity contribution is -0.940. The number of nitrogens with zero attached hydrogens (tertiary/aromatic N) is 7. The Bertz CT molecular complexity index is 1010. The Morgan fingerprint density at radius 1 is 1.13 bits per heavy atom. The van der Waals surface area contributed by atoms with Crippen molar-refractivity contribution < 1.29 is 9.41 Å². The minimum atomic E-state index is -0.533. The highest BCUT2D eigenvalue weighted by molar-refractivity contribution is 5.58. The van der Waals surface area contributed by atoms with Crippen molar-refractivity contribution in [3.8, 4) is 6.07 Å². The monoisotopic (exact) mass is 420 g/mol. The second-order valence-corrected chi connectivity index (χ2v) is 8.14. The summed E-state index contributed by atoms with van der Waals surface area (Å²) in [6.45, 7) is 11.4. The van der Waals surface area contributed by atoms with Gasteiger partial charge < -0.3 is 9.38 Å². The summed E-state index contributed by atoms with van der Waals surface area (Å²) in [4.78, 5) is 15.3. The Labute approximate surface area is 181 Å². The van der Waals surface area contributed by atoms with E-state index in [-0.39, 0.29) is 11.3 Å². The maximum atomic E-state index is 10.9. The van der Waals surface area contributed by atoms with Crippen LogP contribution < -0.4 is 4.90 Å². The van der Waals surface area contributed by atoms with E-state index in [1.165, 1.54) is 62.0 Å². The molecule has 0 N–H and O–H groups in total. The molecule has 9 heteroatoms. The van der Waals surface area contributed by atoms with E-state index >= 15 is 0 Å². The van der Waals surface area contributed by atoms with Crippen LogP contribution >= 0.6 is 0 Å². The van der Waals surface area contributed by atoms with Gasteiger partial charge in [-0.15, -0.1) is 5.11 Å². The molecule has 5 rings (SSSR count). The van der Waals surface area contributed by atoms with Gasteiger partial charge in [-0.2, -0.15) is 10.4 Å². The minimum absolute atomic E-state index is 0.127. The first kappa shape index (κ1) is 20.9. The third-order valence-corrected chi connectivity index (χ3v) is 6.32. The standard InChI is InChI=1S/C22H26N7O2/c1-2-27(17-29-12-9-26(10-13-29)11-14-29)20-5-3-19(4-6-20)24-25-22-8-7-21(28(30)31)15-18(22)16-23/h3-8,15H,2,9-14,17H2,1H3/q+1/b25-24+. The molecule has 160 valence electrons. The van der Waals surface area contributed by atoms with Gasteiger partial charge in [0.1, 0.15) is 11.8 Å². The predicted octanol–water partition coefficient (Wildman–Crippen LogP) is 3.81. The zero-order valence-electron chi connectivity index (χ0n) is 17.6. The molecule has 2 bridgehead atoms. The van der Waals surface area contributed by atoms with Crippen LogP contribution in [0.2, 0.25) is 0 Å². The number of hydrogen-bond donors (Lipinski definition) is 0. The number of non-ortho nitro benzene ring substituents is 1. The Kier molecular flexibility index (Phi) is 5.93. The van der Waals surface area contributed by atoms with Crippen molar-refractivity contribution in [2.45, 2.75) is 6.92 Å². The molecular formula is C22H26N7O2+. The summed E-state index contributed by atoms with van der Waals surface area (Å²) in [7, 11) is 0. The van der Waals surface area contributed by atoms with Crippen LogP contribution in [0.3, 0.4) is 0 Å². The molecule has 0 unspecified atom stereocenters. The number of rotatable bonds is 7. The van der Waals surface area contributed by atoms with Gasteiger partial charge >= 0.3 is 0 Å². The van der Waals surface area contributed by atoms with Gasteiger partial charge in [-0.05, 0) is 37.3 Å². The number of azo groups is 1. The first-order chi connectivity index (χ1) is 15.0. The Balaban J connectivity index is 1.46. The molecule has 2 aromatic rings. The number of nitriles is 1. The molecule has 3 fully saturated rings. The van der Waals surface area contributed by atoms with E-state index in [9.17, 15) is 15.4 Å². The first-order valence-electron chi connectivity index (χ1n) is 10.5. The second kappa shape index (κ2) is 8.79. The highest BCUT2D eigenvalue weighted by Crippen LogP contribution is 2.28. The van der Waals surface area contributed by atoms with Crippen LogP contribution in [0.25, 0.3) is 0 Å². The normalized spacial score (nSPS) is 22.4. The fraction of sp³-hybridized carbons (Fsp3) is 0.409. The Morgan fingerprint density at radius 2 is 1.81 bits per heavy atom. The summed E-state index contributed by atoms with van der Waals surface area (Å²) in [5.74, 6) is 0.